The number of aliphatic imine (C=N–C) groups is 1. The van der Waals surface area contributed by atoms with E-state index >= 15 is 0 Å². The number of methoxy groups -OCH3 is 1. The zero-order valence-electron chi connectivity index (χ0n) is 12.0. The molecule has 0 spiro atoms. The molecule has 19 heavy (non-hydrogen) atoms. The van der Waals surface area contributed by atoms with Gasteiger partial charge in [0.2, 0.25) is 0 Å². The molecule has 3 N–H and O–H groups in total. The van der Waals surface area contributed by atoms with Crippen LogP contribution in [0.25, 0.3) is 0 Å². The molecular formula is C14H27N3O2. The van der Waals surface area contributed by atoms with Crippen molar-refractivity contribution in [3.05, 3.63) is 0 Å². The van der Waals surface area contributed by atoms with E-state index in [1.807, 2.05) is 0 Å². The van der Waals surface area contributed by atoms with Gasteiger partial charge in [0.05, 0.1) is 6.10 Å². The highest BCUT2D eigenvalue weighted by atomic mass is 16.5. The van der Waals surface area contributed by atoms with Crippen molar-refractivity contribution in [1.82, 2.24) is 5.32 Å². The lowest BCUT2D eigenvalue weighted by molar-refractivity contribution is 0.0778. The molecule has 1 aliphatic heterocycles. The van der Waals surface area contributed by atoms with E-state index in [2.05, 4.69) is 10.3 Å². The summed E-state index contributed by atoms with van der Waals surface area (Å²) in [6.07, 6.45) is 7.48. The minimum atomic E-state index is 0.305. The van der Waals surface area contributed by atoms with Gasteiger partial charge in [-0.25, -0.2) is 0 Å². The molecule has 1 saturated heterocycles. The average molecular weight is 269 g/mol. The van der Waals surface area contributed by atoms with Crippen molar-refractivity contribution in [3.63, 3.8) is 0 Å². The number of nitrogens with one attached hydrogen (secondary N) is 1. The molecule has 0 aromatic rings. The Morgan fingerprint density at radius 1 is 1.47 bits per heavy atom. The highest BCUT2D eigenvalue weighted by molar-refractivity contribution is 5.77. The average Bonchev–Trinajstić information content (AvgIpc) is 2.88. The first kappa shape index (κ1) is 14.6. The van der Waals surface area contributed by atoms with Crippen LogP contribution in [0.1, 0.15) is 38.5 Å². The van der Waals surface area contributed by atoms with Crippen molar-refractivity contribution < 1.29 is 9.47 Å². The molecule has 1 heterocycles. The molecule has 0 radical (unpaired) electrons. The minimum Gasteiger partial charge on any atom is -0.385 e. The first-order chi connectivity index (χ1) is 9.24. The van der Waals surface area contributed by atoms with Gasteiger partial charge in [0.1, 0.15) is 0 Å². The van der Waals surface area contributed by atoms with Crippen molar-refractivity contribution in [2.24, 2.45) is 16.1 Å². The third kappa shape index (κ3) is 4.35. The Kier molecular flexibility index (Phi) is 5.45. The third-order valence-corrected chi connectivity index (χ3v) is 4.37. The summed E-state index contributed by atoms with van der Waals surface area (Å²) in [5, 5.41) is 3.17. The molecular weight excluding hydrogens is 242 g/mol. The van der Waals surface area contributed by atoms with Crippen molar-refractivity contribution >= 4 is 5.96 Å². The third-order valence-electron chi connectivity index (χ3n) is 4.37. The molecule has 1 atom stereocenters. The largest absolute Gasteiger partial charge is 0.385 e. The summed E-state index contributed by atoms with van der Waals surface area (Å²) in [5.41, 5.74) is 6.26. The summed E-state index contributed by atoms with van der Waals surface area (Å²) in [4.78, 5) is 4.50. The summed E-state index contributed by atoms with van der Waals surface area (Å²) in [7, 11) is 1.76. The van der Waals surface area contributed by atoms with Gasteiger partial charge in [-0.1, -0.05) is 6.42 Å². The second-order valence-electron chi connectivity index (χ2n) is 5.81. The maximum Gasteiger partial charge on any atom is 0.188 e. The number of guanidine groups is 1. The van der Waals surface area contributed by atoms with Gasteiger partial charge in [0.25, 0.3) is 0 Å². The molecule has 0 amide bonds. The Labute approximate surface area is 115 Å². The maximum absolute atomic E-state index is 5.92. The fraction of sp³-hybridized carbons (Fsp3) is 0.929. The van der Waals surface area contributed by atoms with Crippen molar-refractivity contribution in [1.29, 1.82) is 0 Å². The van der Waals surface area contributed by atoms with Crippen molar-refractivity contribution in [2.75, 3.05) is 33.4 Å². The molecule has 5 heteroatoms. The van der Waals surface area contributed by atoms with E-state index in [9.17, 15) is 0 Å². The predicted octanol–water partition coefficient (Wildman–Crippen LogP) is 1.28. The van der Waals surface area contributed by atoms with Crippen LogP contribution in [0, 0.1) is 5.41 Å². The Morgan fingerprint density at radius 2 is 2.32 bits per heavy atom. The SMILES string of the molecule is COCCC1(CN=C(N)NCC2CCCO2)CCC1. The quantitative estimate of drug-likeness (QED) is 0.539. The van der Waals surface area contributed by atoms with Gasteiger partial charge in [-0.05, 0) is 37.5 Å². The number of nitrogens with zero attached hydrogens (tertiary/aromatic N) is 1. The van der Waals surface area contributed by atoms with Gasteiger partial charge in [-0.3, -0.25) is 4.99 Å². The highest BCUT2D eigenvalue weighted by Gasteiger charge is 2.36. The second-order valence-corrected chi connectivity index (χ2v) is 5.81. The second kappa shape index (κ2) is 7.10. The van der Waals surface area contributed by atoms with Crippen molar-refractivity contribution in [2.45, 2.75) is 44.6 Å². The number of rotatable bonds is 7. The molecule has 110 valence electrons. The zero-order valence-corrected chi connectivity index (χ0v) is 12.0. The van der Waals surface area contributed by atoms with Crippen LogP contribution in [-0.2, 0) is 9.47 Å². The fourth-order valence-corrected chi connectivity index (χ4v) is 2.82. The van der Waals surface area contributed by atoms with E-state index in [1.54, 1.807) is 7.11 Å². The molecule has 1 aliphatic carbocycles. The highest BCUT2D eigenvalue weighted by Crippen LogP contribution is 2.44. The molecule has 2 aliphatic rings. The lowest BCUT2D eigenvalue weighted by Crippen LogP contribution is -2.40. The van der Waals surface area contributed by atoms with Gasteiger partial charge in [-0.2, -0.15) is 0 Å². The van der Waals surface area contributed by atoms with Crippen LogP contribution in [0.15, 0.2) is 4.99 Å². The molecule has 5 nitrogen and oxygen atoms in total. The summed E-state index contributed by atoms with van der Waals surface area (Å²) < 4.78 is 10.7. The zero-order chi connectivity index (χ0) is 13.6. The first-order valence-corrected chi connectivity index (χ1v) is 7.38. The van der Waals surface area contributed by atoms with Crippen LogP contribution in [0.5, 0.6) is 0 Å². The van der Waals surface area contributed by atoms with Crippen LogP contribution in [0.3, 0.4) is 0 Å². The predicted molar refractivity (Wildman–Crippen MR) is 76.2 cm³/mol. The molecule has 0 aromatic heterocycles. The number of hydrogen-bond acceptors (Lipinski definition) is 3. The van der Waals surface area contributed by atoms with Crippen LogP contribution < -0.4 is 11.1 Å². The van der Waals surface area contributed by atoms with Gasteiger partial charge in [0, 0.05) is 33.4 Å². The normalized spacial score (nSPS) is 26.2. The van der Waals surface area contributed by atoms with Gasteiger partial charge >= 0.3 is 0 Å². The smallest absolute Gasteiger partial charge is 0.188 e. The van der Waals surface area contributed by atoms with E-state index in [0.29, 0.717) is 17.5 Å². The molecule has 0 aromatic carbocycles. The van der Waals surface area contributed by atoms with E-state index in [4.69, 9.17) is 15.2 Å². The molecule has 0 bridgehead atoms. The molecule has 2 fully saturated rings. The Morgan fingerprint density at radius 3 is 2.89 bits per heavy atom. The minimum absolute atomic E-state index is 0.305. The Hall–Kier alpha value is -0.810. The lowest BCUT2D eigenvalue weighted by atomic mass is 9.67. The summed E-state index contributed by atoms with van der Waals surface area (Å²) in [6, 6.07) is 0. The number of nitrogens with two attached hydrogens (primary N) is 1. The molecule has 2 rings (SSSR count). The van der Waals surface area contributed by atoms with Crippen molar-refractivity contribution in [3.8, 4) is 0 Å². The lowest BCUT2D eigenvalue weighted by Gasteiger charge is -2.40. The van der Waals surface area contributed by atoms with E-state index in [0.717, 1.165) is 45.6 Å². The van der Waals surface area contributed by atoms with Crippen LogP contribution in [0.4, 0.5) is 0 Å². The van der Waals surface area contributed by atoms with Gasteiger partial charge in [0.15, 0.2) is 5.96 Å². The molecule has 1 unspecified atom stereocenters. The van der Waals surface area contributed by atoms with Crippen LogP contribution in [0.2, 0.25) is 0 Å². The summed E-state index contributed by atoms with van der Waals surface area (Å²) >= 11 is 0. The van der Waals surface area contributed by atoms with Gasteiger partial charge in [-0.15, -0.1) is 0 Å². The topological polar surface area (TPSA) is 68.9 Å². The van der Waals surface area contributed by atoms with E-state index in [1.165, 1.54) is 19.3 Å². The van der Waals surface area contributed by atoms with Crippen LogP contribution >= 0.6 is 0 Å². The van der Waals surface area contributed by atoms with Gasteiger partial charge < -0.3 is 20.5 Å². The first-order valence-electron chi connectivity index (χ1n) is 7.38. The van der Waals surface area contributed by atoms with Crippen LogP contribution in [-0.4, -0.2) is 45.5 Å². The van der Waals surface area contributed by atoms with E-state index in [-0.39, 0.29) is 0 Å². The number of hydrogen-bond donors (Lipinski definition) is 2. The standard InChI is InChI=1S/C14H27N3O2/c1-18-9-7-14(5-3-6-14)11-17-13(15)16-10-12-4-2-8-19-12/h12H,2-11H2,1H3,(H3,15,16,17). The summed E-state index contributed by atoms with van der Waals surface area (Å²) in [6.45, 7) is 3.30. The Balaban J connectivity index is 1.70. The molecule has 1 saturated carbocycles. The monoisotopic (exact) mass is 269 g/mol. The Bertz CT molecular complexity index is 297. The number of ether oxygens (including phenoxy) is 2. The maximum atomic E-state index is 5.92. The fourth-order valence-electron chi connectivity index (χ4n) is 2.82. The summed E-state index contributed by atoms with van der Waals surface area (Å²) in [5.74, 6) is 0.555. The van der Waals surface area contributed by atoms with E-state index < -0.39 is 0 Å².